The number of anilines is 2. The summed E-state index contributed by atoms with van der Waals surface area (Å²) in [6.07, 6.45) is 0.869. The van der Waals surface area contributed by atoms with Gasteiger partial charge in [-0.3, -0.25) is 4.79 Å². The molecule has 21 heavy (non-hydrogen) atoms. The molecule has 2 aromatic carbocycles. The van der Waals surface area contributed by atoms with Gasteiger partial charge in [-0.05, 0) is 36.2 Å². The van der Waals surface area contributed by atoms with Crippen LogP contribution in [0.15, 0.2) is 48.5 Å². The normalized spacial score (nSPS) is 9.71. The number of nitrogens with zero attached hydrogens (tertiary/aromatic N) is 1. The van der Waals surface area contributed by atoms with E-state index in [1.165, 1.54) is 0 Å². The lowest BCUT2D eigenvalue weighted by Gasteiger charge is -2.11. The Morgan fingerprint density at radius 3 is 2.76 bits per heavy atom. The smallest absolute Gasteiger partial charge is 0.243 e. The lowest BCUT2D eigenvalue weighted by Crippen LogP contribution is -2.22. The van der Waals surface area contributed by atoms with Gasteiger partial charge in [0.15, 0.2) is 0 Å². The highest BCUT2D eigenvalue weighted by molar-refractivity contribution is 5.94. The van der Waals surface area contributed by atoms with Crippen molar-refractivity contribution in [3.8, 4) is 6.07 Å². The molecule has 0 fully saturated rings. The fourth-order valence-corrected chi connectivity index (χ4v) is 2.03. The summed E-state index contributed by atoms with van der Waals surface area (Å²) in [7, 11) is 0. The molecule has 0 bridgehead atoms. The van der Waals surface area contributed by atoms with E-state index in [0.717, 1.165) is 23.4 Å². The number of rotatable bonds is 5. The van der Waals surface area contributed by atoms with Crippen LogP contribution in [0.25, 0.3) is 0 Å². The molecule has 1 amide bonds. The van der Waals surface area contributed by atoms with E-state index in [9.17, 15) is 4.79 Å². The highest BCUT2D eigenvalue weighted by atomic mass is 16.1. The van der Waals surface area contributed by atoms with E-state index in [0.29, 0.717) is 5.56 Å². The van der Waals surface area contributed by atoms with E-state index in [1.54, 1.807) is 18.2 Å². The molecule has 106 valence electrons. The fourth-order valence-electron chi connectivity index (χ4n) is 2.03. The molecule has 0 saturated carbocycles. The first-order chi connectivity index (χ1) is 10.2. The summed E-state index contributed by atoms with van der Waals surface area (Å²) in [5.41, 5.74) is 3.28. The van der Waals surface area contributed by atoms with Crippen LogP contribution in [0.5, 0.6) is 0 Å². The molecular weight excluding hydrogens is 262 g/mol. The van der Waals surface area contributed by atoms with Crippen molar-refractivity contribution in [1.82, 2.24) is 0 Å². The lowest BCUT2D eigenvalue weighted by atomic mass is 10.1. The maximum atomic E-state index is 12.0. The maximum Gasteiger partial charge on any atom is 0.243 e. The molecule has 2 N–H and O–H groups in total. The highest BCUT2D eigenvalue weighted by Gasteiger charge is 2.05. The minimum Gasteiger partial charge on any atom is -0.376 e. The Labute approximate surface area is 124 Å². The zero-order valence-corrected chi connectivity index (χ0v) is 11.9. The van der Waals surface area contributed by atoms with Crippen LogP contribution in [0.1, 0.15) is 18.1 Å². The average Bonchev–Trinajstić information content (AvgIpc) is 2.53. The van der Waals surface area contributed by atoms with Crippen molar-refractivity contribution in [3.05, 3.63) is 59.7 Å². The van der Waals surface area contributed by atoms with Crippen molar-refractivity contribution in [2.45, 2.75) is 13.3 Å². The van der Waals surface area contributed by atoms with Crippen LogP contribution in [0.4, 0.5) is 11.4 Å². The molecule has 0 saturated heterocycles. The highest BCUT2D eigenvalue weighted by Crippen LogP contribution is 2.15. The van der Waals surface area contributed by atoms with Crippen molar-refractivity contribution in [3.63, 3.8) is 0 Å². The van der Waals surface area contributed by atoms with Crippen molar-refractivity contribution < 1.29 is 4.79 Å². The van der Waals surface area contributed by atoms with Crippen LogP contribution >= 0.6 is 0 Å². The van der Waals surface area contributed by atoms with Gasteiger partial charge in [-0.2, -0.15) is 5.26 Å². The van der Waals surface area contributed by atoms with E-state index in [1.807, 2.05) is 30.3 Å². The van der Waals surface area contributed by atoms with Gasteiger partial charge in [0.25, 0.3) is 0 Å². The second kappa shape index (κ2) is 7.11. The lowest BCUT2D eigenvalue weighted by molar-refractivity contribution is -0.114. The molecule has 0 radical (unpaired) electrons. The summed E-state index contributed by atoms with van der Waals surface area (Å²) in [6.45, 7) is 2.21. The van der Waals surface area contributed by atoms with Gasteiger partial charge in [-0.25, -0.2) is 0 Å². The molecule has 0 aliphatic heterocycles. The number of hydrogen-bond acceptors (Lipinski definition) is 3. The van der Waals surface area contributed by atoms with E-state index in [-0.39, 0.29) is 12.5 Å². The average molecular weight is 279 g/mol. The predicted molar refractivity (Wildman–Crippen MR) is 84.1 cm³/mol. The minimum atomic E-state index is -0.113. The second-order valence-electron chi connectivity index (χ2n) is 4.61. The second-order valence-corrected chi connectivity index (χ2v) is 4.61. The van der Waals surface area contributed by atoms with Crippen LogP contribution in [0.3, 0.4) is 0 Å². The molecule has 0 spiro atoms. The minimum absolute atomic E-state index is 0.113. The Hall–Kier alpha value is -2.80. The molecule has 0 heterocycles. The third-order valence-electron chi connectivity index (χ3n) is 3.12. The molecule has 2 rings (SSSR count). The van der Waals surface area contributed by atoms with Gasteiger partial charge < -0.3 is 10.6 Å². The molecule has 0 aliphatic carbocycles. The number of aryl methyl sites for hydroxylation is 1. The van der Waals surface area contributed by atoms with Crippen LogP contribution in [-0.4, -0.2) is 12.5 Å². The molecule has 0 aromatic heterocycles. The molecular formula is C17H17N3O. The molecule has 2 aromatic rings. The zero-order valence-electron chi connectivity index (χ0n) is 11.9. The van der Waals surface area contributed by atoms with Gasteiger partial charge in [-0.15, -0.1) is 0 Å². The third kappa shape index (κ3) is 4.08. The predicted octanol–water partition coefficient (Wildman–Crippen LogP) is 3.17. The Kier molecular flexibility index (Phi) is 4.94. The monoisotopic (exact) mass is 279 g/mol. The summed E-state index contributed by atoms with van der Waals surface area (Å²) >= 11 is 0. The SMILES string of the molecule is CCc1ccccc1NC(=O)CNc1cccc(C#N)c1. The van der Waals surface area contributed by atoms with Gasteiger partial charge in [0.2, 0.25) is 5.91 Å². The number of amides is 1. The maximum absolute atomic E-state index is 12.0. The quantitative estimate of drug-likeness (QED) is 0.883. The Bertz CT molecular complexity index is 674. The van der Waals surface area contributed by atoms with E-state index >= 15 is 0 Å². The van der Waals surface area contributed by atoms with Gasteiger partial charge in [0.05, 0.1) is 18.2 Å². The van der Waals surface area contributed by atoms with Crippen molar-refractivity contribution in [1.29, 1.82) is 5.26 Å². The Balaban J connectivity index is 1.94. The van der Waals surface area contributed by atoms with Crippen molar-refractivity contribution in [2.24, 2.45) is 0 Å². The molecule has 0 aliphatic rings. The van der Waals surface area contributed by atoms with E-state index < -0.39 is 0 Å². The van der Waals surface area contributed by atoms with Gasteiger partial charge in [-0.1, -0.05) is 31.2 Å². The van der Waals surface area contributed by atoms with Gasteiger partial charge in [0.1, 0.15) is 0 Å². The number of nitriles is 1. The number of benzene rings is 2. The topological polar surface area (TPSA) is 64.9 Å². The van der Waals surface area contributed by atoms with Crippen LogP contribution in [0, 0.1) is 11.3 Å². The largest absolute Gasteiger partial charge is 0.376 e. The third-order valence-corrected chi connectivity index (χ3v) is 3.12. The van der Waals surface area contributed by atoms with E-state index in [4.69, 9.17) is 5.26 Å². The van der Waals surface area contributed by atoms with Crippen molar-refractivity contribution in [2.75, 3.05) is 17.2 Å². The Morgan fingerprint density at radius 2 is 2.00 bits per heavy atom. The number of para-hydroxylation sites is 1. The molecule has 4 heteroatoms. The standard InChI is InChI=1S/C17H17N3O/c1-2-14-7-3-4-9-16(14)20-17(21)12-19-15-8-5-6-13(10-15)11-18/h3-10,19H,2,12H2,1H3,(H,20,21). The van der Waals surface area contributed by atoms with Crippen molar-refractivity contribution >= 4 is 17.3 Å². The number of carbonyl (C=O) groups excluding carboxylic acids is 1. The first-order valence-corrected chi connectivity index (χ1v) is 6.84. The summed E-state index contributed by atoms with van der Waals surface area (Å²) in [5.74, 6) is -0.113. The fraction of sp³-hybridized carbons (Fsp3) is 0.176. The number of carbonyl (C=O) groups is 1. The number of hydrogen-bond donors (Lipinski definition) is 2. The molecule has 0 atom stereocenters. The molecule has 4 nitrogen and oxygen atoms in total. The molecule has 0 unspecified atom stereocenters. The van der Waals surface area contributed by atoms with Crippen LogP contribution < -0.4 is 10.6 Å². The van der Waals surface area contributed by atoms with Crippen LogP contribution in [0.2, 0.25) is 0 Å². The number of nitrogens with one attached hydrogen (secondary N) is 2. The van der Waals surface area contributed by atoms with Crippen LogP contribution in [-0.2, 0) is 11.2 Å². The summed E-state index contributed by atoms with van der Waals surface area (Å²) in [6, 6.07) is 16.9. The first-order valence-electron chi connectivity index (χ1n) is 6.84. The Morgan fingerprint density at radius 1 is 1.19 bits per heavy atom. The van der Waals surface area contributed by atoms with Gasteiger partial charge >= 0.3 is 0 Å². The van der Waals surface area contributed by atoms with E-state index in [2.05, 4.69) is 23.6 Å². The first kappa shape index (κ1) is 14.6. The summed E-state index contributed by atoms with van der Waals surface area (Å²) in [5, 5.41) is 14.7. The summed E-state index contributed by atoms with van der Waals surface area (Å²) in [4.78, 5) is 12.0. The summed E-state index contributed by atoms with van der Waals surface area (Å²) < 4.78 is 0. The van der Waals surface area contributed by atoms with Gasteiger partial charge in [0, 0.05) is 11.4 Å². The zero-order chi connectivity index (χ0) is 15.1.